The van der Waals surface area contributed by atoms with Crippen LogP contribution in [-0.2, 0) is 13.6 Å². The van der Waals surface area contributed by atoms with E-state index in [9.17, 15) is 0 Å². The molecule has 3 aromatic heterocycles. The summed E-state index contributed by atoms with van der Waals surface area (Å²) in [7, 11) is 2.00. The summed E-state index contributed by atoms with van der Waals surface area (Å²) < 4.78 is 8.28. The zero-order valence-corrected chi connectivity index (χ0v) is 39.1. The highest BCUT2D eigenvalue weighted by Crippen LogP contribution is 2.16. The molecular weight excluding hydrogens is 719 g/mol. The van der Waals surface area contributed by atoms with Gasteiger partial charge in [-0.15, -0.1) is 11.3 Å². The van der Waals surface area contributed by atoms with Crippen LogP contribution in [0, 0.1) is 21.7 Å². The number of rotatable bonds is 0. The van der Waals surface area contributed by atoms with Gasteiger partial charge in [0.25, 0.3) is 0 Å². The van der Waals surface area contributed by atoms with E-state index in [1.54, 1.807) is 11.3 Å². The molecule has 0 saturated heterocycles. The number of hydrogen-bond acceptors (Lipinski definition) is 6. The zero-order valence-electron chi connectivity index (χ0n) is 38.3. The number of benzene rings is 4. The largest absolute Gasteiger partial charge is 0.443 e. The first kappa shape index (κ1) is 50.4. The number of nitrogens with zero attached hydrogens (tertiary/aromatic N) is 5. The number of aromatic nitrogens is 4. The molecule has 6 nitrogen and oxygen atoms in total. The highest BCUT2D eigenvalue weighted by molar-refractivity contribution is 7.16. The Labute approximate surface area is 349 Å². The standard InChI is InChI=1S/C8H8N2.C8H7N.C7H5NO.C7H5NS.4C5H12/c1-10-6-9-7-4-2-3-5-8(7)10;1-2-4-8-6-9-5-7(8)3-1;2*1-2-4-7-6(3-1)8-5-9-7;4*1-5(2,3)4/h2-6H,1H3;1-5H,6H2;2*1-5H;4*1-4H3. The monoisotopic (exact) mass is 792 g/mol. The van der Waals surface area contributed by atoms with Crippen LogP contribution in [0.15, 0.2) is 125 Å². The first-order valence-electron chi connectivity index (χ1n) is 19.8. The van der Waals surface area contributed by atoms with Crippen LogP contribution in [0.2, 0.25) is 0 Å². The van der Waals surface area contributed by atoms with E-state index in [0.717, 1.165) is 28.7 Å². The maximum Gasteiger partial charge on any atom is 0.181 e. The topological polar surface area (TPSA) is 69.1 Å². The summed E-state index contributed by atoms with van der Waals surface area (Å²) in [6.45, 7) is 35.9. The zero-order chi connectivity index (χ0) is 43.3. The molecule has 310 valence electrons. The van der Waals surface area contributed by atoms with Crippen molar-refractivity contribution >= 4 is 49.9 Å². The van der Waals surface area contributed by atoms with Gasteiger partial charge in [0.05, 0.1) is 39.6 Å². The molecule has 8 rings (SSSR count). The van der Waals surface area contributed by atoms with E-state index >= 15 is 0 Å². The minimum Gasteiger partial charge on any atom is -0.443 e. The van der Waals surface area contributed by atoms with Crippen LogP contribution in [0.1, 0.15) is 122 Å². The minimum atomic E-state index is 0.500. The Morgan fingerprint density at radius 2 is 1.00 bits per heavy atom. The molecule has 7 aromatic rings. The molecule has 4 aromatic carbocycles. The molecule has 1 aliphatic heterocycles. The third kappa shape index (κ3) is 28.4. The Morgan fingerprint density at radius 1 is 0.526 bits per heavy atom. The Morgan fingerprint density at radius 3 is 1.53 bits per heavy atom. The average Bonchev–Trinajstić information content (AvgIpc) is 3.90. The molecular formula is C50H73N5OS. The predicted molar refractivity (Wildman–Crippen MR) is 253 cm³/mol. The quantitative estimate of drug-likeness (QED) is 0.153. The van der Waals surface area contributed by atoms with Crippen molar-refractivity contribution in [2.45, 2.75) is 117 Å². The normalized spacial score (nSPS) is 11.5. The molecule has 0 radical (unpaired) electrons. The average molecular weight is 792 g/mol. The van der Waals surface area contributed by atoms with Crippen LogP contribution in [0.5, 0.6) is 0 Å². The van der Waals surface area contributed by atoms with E-state index in [1.807, 2.05) is 102 Å². The fourth-order valence-corrected chi connectivity index (χ4v) is 4.41. The number of aliphatic imine (C=N–C) groups is 1. The summed E-state index contributed by atoms with van der Waals surface area (Å²) in [5.41, 5.74) is 11.6. The SMILES string of the molecule is C1=NCc2ccccc21.CC(C)(C)C.CC(C)(C)C.CC(C)(C)C.CC(C)(C)C.Cn1cnc2ccccc21.c1ccc2ocnc2c1.c1ccc2scnc2c1. The summed E-state index contributed by atoms with van der Waals surface area (Å²) in [6.07, 6.45) is 5.20. The molecule has 57 heavy (non-hydrogen) atoms. The Hall–Kier alpha value is -4.62. The molecule has 0 amide bonds. The van der Waals surface area contributed by atoms with Gasteiger partial charge in [0.2, 0.25) is 0 Å². The van der Waals surface area contributed by atoms with Crippen molar-refractivity contribution < 1.29 is 4.42 Å². The Balaban J connectivity index is 0.000000333. The summed E-state index contributed by atoms with van der Waals surface area (Å²) in [5, 5.41) is 0. The van der Waals surface area contributed by atoms with E-state index < -0.39 is 0 Å². The van der Waals surface area contributed by atoms with Crippen molar-refractivity contribution in [1.82, 2.24) is 19.5 Å². The van der Waals surface area contributed by atoms with Gasteiger partial charge >= 0.3 is 0 Å². The van der Waals surface area contributed by atoms with Crippen LogP contribution < -0.4 is 0 Å². The second-order valence-corrected chi connectivity index (χ2v) is 21.0. The van der Waals surface area contributed by atoms with Crippen LogP contribution in [-0.4, -0.2) is 25.7 Å². The lowest BCUT2D eigenvalue weighted by atomic mass is 10.0. The molecule has 4 heterocycles. The number of thiazole rings is 1. The fraction of sp³-hybridized carbons (Fsp3) is 0.440. The molecule has 0 unspecified atom stereocenters. The van der Waals surface area contributed by atoms with Crippen molar-refractivity contribution in [2.75, 3.05) is 0 Å². The van der Waals surface area contributed by atoms with Gasteiger partial charge in [0.1, 0.15) is 5.52 Å². The lowest BCUT2D eigenvalue weighted by Gasteiger charge is -2.05. The van der Waals surface area contributed by atoms with Gasteiger partial charge in [-0.3, -0.25) is 4.99 Å². The van der Waals surface area contributed by atoms with Crippen molar-refractivity contribution in [3.05, 3.63) is 126 Å². The number of para-hydroxylation sites is 5. The van der Waals surface area contributed by atoms with Crippen LogP contribution in [0.3, 0.4) is 0 Å². The number of fused-ring (bicyclic) bond motifs is 4. The van der Waals surface area contributed by atoms with E-state index in [4.69, 9.17) is 4.42 Å². The second kappa shape index (κ2) is 24.2. The lowest BCUT2D eigenvalue weighted by molar-refractivity contribution is 0.469. The number of imidazole rings is 1. The molecule has 0 N–H and O–H groups in total. The van der Waals surface area contributed by atoms with Gasteiger partial charge in [-0.05, 0) is 69.2 Å². The molecule has 7 heteroatoms. The predicted octanol–water partition coefficient (Wildman–Crippen LogP) is 15.5. The summed E-state index contributed by atoms with van der Waals surface area (Å²) in [6, 6.07) is 32.2. The first-order valence-corrected chi connectivity index (χ1v) is 20.7. The number of aryl methyl sites for hydroxylation is 1. The van der Waals surface area contributed by atoms with Gasteiger partial charge in [-0.25, -0.2) is 15.0 Å². The molecule has 0 saturated carbocycles. The number of oxazole rings is 1. The third-order valence-corrected chi connectivity index (χ3v) is 6.46. The Kier molecular flexibility index (Phi) is 21.4. The molecule has 0 spiro atoms. The van der Waals surface area contributed by atoms with E-state index in [2.05, 4.69) is 155 Å². The van der Waals surface area contributed by atoms with Crippen molar-refractivity contribution in [3.8, 4) is 0 Å². The summed E-state index contributed by atoms with van der Waals surface area (Å²) in [5.74, 6) is 0. The lowest BCUT2D eigenvalue weighted by Crippen LogP contribution is -1.93. The molecule has 1 aliphatic rings. The minimum absolute atomic E-state index is 0.500. The number of hydrogen-bond donors (Lipinski definition) is 0. The highest BCUT2D eigenvalue weighted by Gasteiger charge is 2.02. The smallest absolute Gasteiger partial charge is 0.181 e. The molecule has 0 aliphatic carbocycles. The third-order valence-electron chi connectivity index (χ3n) is 5.65. The fourth-order valence-electron chi connectivity index (χ4n) is 3.74. The van der Waals surface area contributed by atoms with Gasteiger partial charge in [0, 0.05) is 13.3 Å². The molecule has 0 fully saturated rings. The molecule has 0 atom stereocenters. The highest BCUT2D eigenvalue weighted by atomic mass is 32.1. The van der Waals surface area contributed by atoms with Crippen LogP contribution in [0.4, 0.5) is 0 Å². The summed E-state index contributed by atoms with van der Waals surface area (Å²) in [4.78, 5) is 16.4. The second-order valence-electron chi connectivity index (χ2n) is 20.2. The van der Waals surface area contributed by atoms with Crippen molar-refractivity contribution in [1.29, 1.82) is 0 Å². The van der Waals surface area contributed by atoms with Gasteiger partial charge in [-0.2, -0.15) is 0 Å². The van der Waals surface area contributed by atoms with E-state index in [0.29, 0.717) is 21.7 Å². The summed E-state index contributed by atoms with van der Waals surface area (Å²) >= 11 is 1.68. The van der Waals surface area contributed by atoms with Crippen molar-refractivity contribution in [3.63, 3.8) is 0 Å². The van der Waals surface area contributed by atoms with Gasteiger partial charge in [0.15, 0.2) is 12.0 Å². The van der Waals surface area contributed by atoms with Gasteiger partial charge in [-0.1, -0.05) is 171 Å². The van der Waals surface area contributed by atoms with Crippen LogP contribution >= 0.6 is 11.3 Å². The maximum atomic E-state index is 5.01. The van der Waals surface area contributed by atoms with Crippen LogP contribution in [0.25, 0.3) is 32.3 Å². The maximum absolute atomic E-state index is 5.01. The Bertz CT molecular complexity index is 1930. The van der Waals surface area contributed by atoms with E-state index in [1.165, 1.54) is 27.7 Å². The van der Waals surface area contributed by atoms with Gasteiger partial charge < -0.3 is 8.98 Å². The van der Waals surface area contributed by atoms with E-state index in [-0.39, 0.29) is 0 Å². The van der Waals surface area contributed by atoms with Crippen molar-refractivity contribution in [2.24, 2.45) is 33.7 Å². The molecule has 0 bridgehead atoms. The first-order chi connectivity index (χ1) is 26.3.